The fraction of sp³-hybridized carbons (Fsp3) is 0.182. The lowest BCUT2D eigenvalue weighted by Gasteiger charge is -2.41. The fourth-order valence-electron chi connectivity index (χ4n) is 4.22. The molecule has 2 aliphatic heterocycles. The highest BCUT2D eigenvalue weighted by atomic mass is 79.9. The molecule has 2 aliphatic rings. The van der Waals surface area contributed by atoms with Gasteiger partial charge in [0.25, 0.3) is 0 Å². The molecule has 132 valence electrons. The molecule has 0 N–H and O–H groups in total. The van der Waals surface area contributed by atoms with Crippen LogP contribution in [0.1, 0.15) is 42.7 Å². The van der Waals surface area contributed by atoms with E-state index >= 15 is 0 Å². The van der Waals surface area contributed by atoms with Gasteiger partial charge in [-0.1, -0.05) is 68.3 Å². The van der Waals surface area contributed by atoms with Crippen LogP contribution in [0.15, 0.2) is 60.7 Å². The summed E-state index contributed by atoms with van der Waals surface area (Å²) >= 11 is 9.97. The molecule has 4 aromatic rings. The molecule has 0 unspecified atom stereocenters. The second-order valence-electron chi connectivity index (χ2n) is 7.09. The zero-order valence-electron chi connectivity index (χ0n) is 14.1. The lowest BCUT2D eigenvalue weighted by molar-refractivity contribution is 0.726. The molecule has 4 heterocycles. The molecule has 0 radical (unpaired) electrons. The van der Waals surface area contributed by atoms with Crippen LogP contribution in [0.3, 0.4) is 0 Å². The topological polar surface area (TPSA) is 25.8 Å². The summed E-state index contributed by atoms with van der Waals surface area (Å²) in [6.45, 7) is 0. The van der Waals surface area contributed by atoms with E-state index in [0.29, 0.717) is 10.5 Å². The van der Waals surface area contributed by atoms with Crippen LogP contribution >= 0.6 is 43.6 Å². The molecule has 0 aliphatic carbocycles. The highest BCUT2D eigenvalue weighted by Crippen LogP contribution is 2.65. The van der Waals surface area contributed by atoms with E-state index in [9.17, 15) is 0 Å². The molecule has 0 fully saturated rings. The molecule has 6 rings (SSSR count). The molecule has 0 amide bonds. The third-order valence-corrected chi connectivity index (χ3v) is 9.85. The van der Waals surface area contributed by atoms with E-state index in [0.717, 1.165) is 11.0 Å². The standard InChI is InChI=1S/C22H14Br2N2S/c23-17-13-9-11-5-1-3-7-15(11)25-19(13)22-18(24)14-10-12-6-2-4-8-16(12)26-20(14)21(17)27-22/h1-10,17-18,21-22H/t17-,18-,21-,22-/m1/s1. The van der Waals surface area contributed by atoms with Gasteiger partial charge in [-0.2, -0.15) is 0 Å². The molecule has 0 spiro atoms. The number of nitrogens with zero attached hydrogens (tertiary/aromatic N) is 2. The summed E-state index contributed by atoms with van der Waals surface area (Å²) in [5.74, 6) is 0. The molecular formula is C22H14Br2N2S. The Hall–Kier alpha value is -1.43. The van der Waals surface area contributed by atoms with E-state index in [1.807, 2.05) is 11.8 Å². The van der Waals surface area contributed by atoms with Crippen LogP contribution in [0.5, 0.6) is 0 Å². The first-order chi connectivity index (χ1) is 13.2. The van der Waals surface area contributed by atoms with Gasteiger partial charge >= 0.3 is 0 Å². The van der Waals surface area contributed by atoms with Crippen molar-refractivity contribution in [3.63, 3.8) is 0 Å². The van der Waals surface area contributed by atoms with Gasteiger partial charge < -0.3 is 0 Å². The van der Waals surface area contributed by atoms with Crippen molar-refractivity contribution in [1.29, 1.82) is 0 Å². The first-order valence-corrected chi connectivity index (χ1v) is 11.7. The summed E-state index contributed by atoms with van der Waals surface area (Å²) in [5.41, 5.74) is 7.12. The van der Waals surface area contributed by atoms with Crippen molar-refractivity contribution >= 4 is 65.4 Å². The first kappa shape index (κ1) is 16.5. The molecule has 2 nitrogen and oxygen atoms in total. The van der Waals surface area contributed by atoms with Gasteiger partial charge in [-0.05, 0) is 35.4 Å². The Balaban J connectivity index is 1.61. The highest BCUT2D eigenvalue weighted by Gasteiger charge is 2.46. The van der Waals surface area contributed by atoms with Gasteiger partial charge in [-0.3, -0.25) is 9.97 Å². The minimum absolute atomic E-state index is 0.207. The number of hydrogen-bond acceptors (Lipinski definition) is 3. The molecule has 27 heavy (non-hydrogen) atoms. The van der Waals surface area contributed by atoms with Crippen molar-refractivity contribution < 1.29 is 0 Å². The minimum atomic E-state index is 0.207. The van der Waals surface area contributed by atoms with Crippen LogP contribution in [-0.4, -0.2) is 9.97 Å². The lowest BCUT2D eigenvalue weighted by Crippen LogP contribution is -2.25. The quantitative estimate of drug-likeness (QED) is 0.240. The maximum absolute atomic E-state index is 5.07. The minimum Gasteiger partial charge on any atom is -0.251 e. The normalized spacial score (nSPS) is 26.0. The summed E-state index contributed by atoms with van der Waals surface area (Å²) in [5, 5.41) is 2.98. The highest BCUT2D eigenvalue weighted by molar-refractivity contribution is 9.09. The molecule has 5 heteroatoms. The Bertz CT molecular complexity index is 1130. The summed E-state index contributed by atoms with van der Waals surface area (Å²) in [6.07, 6.45) is 0. The molecule has 2 aromatic heterocycles. The Labute approximate surface area is 178 Å². The third-order valence-electron chi connectivity index (χ3n) is 5.53. The number of benzene rings is 2. The maximum Gasteiger partial charge on any atom is 0.0706 e. The van der Waals surface area contributed by atoms with Crippen LogP contribution < -0.4 is 0 Å². The number of alkyl halides is 2. The average Bonchev–Trinajstić information content (AvgIpc) is 2.71. The van der Waals surface area contributed by atoms with E-state index in [4.69, 9.17) is 9.97 Å². The van der Waals surface area contributed by atoms with Crippen molar-refractivity contribution in [2.45, 2.75) is 20.2 Å². The van der Waals surface area contributed by atoms with Gasteiger partial charge in [0.2, 0.25) is 0 Å². The Morgan fingerprint density at radius 1 is 0.667 bits per heavy atom. The Kier molecular flexibility index (Phi) is 3.69. The lowest BCUT2D eigenvalue weighted by atomic mass is 9.91. The van der Waals surface area contributed by atoms with Crippen molar-refractivity contribution in [2.75, 3.05) is 0 Å². The maximum atomic E-state index is 5.07. The number of thioether (sulfide) groups is 1. The van der Waals surface area contributed by atoms with Gasteiger partial charge in [0.1, 0.15) is 0 Å². The summed E-state index contributed by atoms with van der Waals surface area (Å²) in [6, 6.07) is 21.4. The van der Waals surface area contributed by atoms with Crippen LogP contribution in [0.2, 0.25) is 0 Å². The van der Waals surface area contributed by atoms with Crippen molar-refractivity contribution in [2.24, 2.45) is 0 Å². The largest absolute Gasteiger partial charge is 0.251 e. The predicted octanol–water partition coefficient (Wildman–Crippen LogP) is 7.20. The van der Waals surface area contributed by atoms with Crippen molar-refractivity contribution in [1.82, 2.24) is 9.97 Å². The summed E-state index contributed by atoms with van der Waals surface area (Å²) in [4.78, 5) is 10.6. The summed E-state index contributed by atoms with van der Waals surface area (Å²) < 4.78 is 0. The van der Waals surface area contributed by atoms with E-state index in [-0.39, 0.29) is 9.65 Å². The SMILES string of the molecule is Br[C@@H]1c2cc3ccccc3nc2[C@@H]2S[C@H]1c1nc3ccccc3cc1[C@H]2Br. The Morgan fingerprint density at radius 3 is 1.59 bits per heavy atom. The van der Waals surface area contributed by atoms with E-state index in [1.165, 1.54) is 33.3 Å². The second kappa shape index (κ2) is 6.03. The number of aromatic nitrogens is 2. The first-order valence-electron chi connectivity index (χ1n) is 8.93. The number of rotatable bonds is 0. The molecule has 0 saturated heterocycles. The third kappa shape index (κ3) is 2.38. The second-order valence-corrected chi connectivity index (χ2v) is 10.4. The van der Waals surface area contributed by atoms with Gasteiger partial charge in [0, 0.05) is 10.8 Å². The number of pyridine rings is 2. The number of hydrogen-bond donors (Lipinski definition) is 0. The predicted molar refractivity (Wildman–Crippen MR) is 120 cm³/mol. The molecular weight excluding hydrogens is 484 g/mol. The molecule has 2 aromatic carbocycles. The van der Waals surface area contributed by atoms with Gasteiger partial charge in [0.05, 0.1) is 42.6 Å². The number of halogens is 2. The van der Waals surface area contributed by atoms with E-state index in [2.05, 4.69) is 92.5 Å². The van der Waals surface area contributed by atoms with Crippen LogP contribution in [0.25, 0.3) is 21.8 Å². The molecule has 0 saturated carbocycles. The van der Waals surface area contributed by atoms with Crippen molar-refractivity contribution in [3.8, 4) is 0 Å². The molecule has 4 atom stereocenters. The van der Waals surface area contributed by atoms with Crippen LogP contribution in [0, 0.1) is 0 Å². The summed E-state index contributed by atoms with van der Waals surface area (Å²) in [7, 11) is 0. The smallest absolute Gasteiger partial charge is 0.0706 e. The Morgan fingerprint density at radius 2 is 1.11 bits per heavy atom. The van der Waals surface area contributed by atoms with Gasteiger partial charge in [-0.15, -0.1) is 11.8 Å². The molecule has 2 bridgehead atoms. The zero-order chi connectivity index (χ0) is 18.1. The van der Waals surface area contributed by atoms with Gasteiger partial charge in [0.15, 0.2) is 0 Å². The number of fused-ring (bicyclic) bond motifs is 8. The van der Waals surface area contributed by atoms with E-state index < -0.39 is 0 Å². The fourth-order valence-corrected chi connectivity index (χ4v) is 7.72. The van der Waals surface area contributed by atoms with Gasteiger partial charge in [-0.25, -0.2) is 0 Å². The van der Waals surface area contributed by atoms with Crippen LogP contribution in [-0.2, 0) is 0 Å². The zero-order valence-corrected chi connectivity index (χ0v) is 18.1. The van der Waals surface area contributed by atoms with Crippen LogP contribution in [0.4, 0.5) is 0 Å². The van der Waals surface area contributed by atoms with Crippen molar-refractivity contribution in [3.05, 3.63) is 83.2 Å². The van der Waals surface area contributed by atoms with E-state index in [1.54, 1.807) is 0 Å². The monoisotopic (exact) mass is 496 g/mol. The number of para-hydroxylation sites is 2. The average molecular weight is 498 g/mol.